The van der Waals surface area contributed by atoms with E-state index in [-0.39, 0.29) is 24.4 Å². The summed E-state index contributed by atoms with van der Waals surface area (Å²) in [6.07, 6.45) is 2.29. The molecule has 2 rings (SSSR count). The Morgan fingerprint density at radius 1 is 1.18 bits per heavy atom. The third-order valence-electron chi connectivity index (χ3n) is 3.33. The van der Waals surface area contributed by atoms with E-state index in [1.165, 1.54) is 5.56 Å². The normalized spacial score (nSPS) is 11.4. The molecule has 0 saturated carbocycles. The third kappa shape index (κ3) is 5.47. The summed E-state index contributed by atoms with van der Waals surface area (Å²) >= 11 is 0. The van der Waals surface area contributed by atoms with Crippen LogP contribution in [-0.2, 0) is 11.3 Å². The van der Waals surface area contributed by atoms with E-state index in [2.05, 4.69) is 22.5 Å². The first kappa shape index (κ1) is 18.1. The van der Waals surface area contributed by atoms with E-state index in [4.69, 9.17) is 0 Å². The molecular weight excluding hydrogens is 298 g/mol. The Morgan fingerprint density at radius 2 is 1.91 bits per heavy atom. The van der Waals surface area contributed by atoms with Crippen molar-refractivity contribution in [2.24, 2.45) is 0 Å². The van der Waals surface area contributed by atoms with Gasteiger partial charge in [-0.3, -0.25) is 9.78 Å². The Balaban J connectivity index is 0.00000242. The fourth-order valence-corrected chi connectivity index (χ4v) is 1.98. The number of rotatable bonds is 6. The summed E-state index contributed by atoms with van der Waals surface area (Å²) in [7, 11) is 0. The van der Waals surface area contributed by atoms with Crippen molar-refractivity contribution in [2.75, 3.05) is 5.32 Å². The molecule has 1 heterocycles. The molecule has 0 aliphatic heterocycles. The standard InChI is InChI=1S/C17H21N3O.ClH/c1-3-17(21)20-15-9-7-14(8-10-15)13(2)19-12-16-6-4-5-11-18-16;/h4-11,13,19H,3,12H2,1-2H3,(H,20,21);1H. The van der Waals surface area contributed by atoms with E-state index in [1.54, 1.807) is 6.20 Å². The fraction of sp³-hybridized carbons (Fsp3) is 0.294. The zero-order chi connectivity index (χ0) is 15.1. The highest BCUT2D eigenvalue weighted by molar-refractivity contribution is 5.90. The van der Waals surface area contributed by atoms with Crippen LogP contribution < -0.4 is 10.6 Å². The van der Waals surface area contributed by atoms with Crippen LogP contribution in [0, 0.1) is 0 Å². The number of aromatic nitrogens is 1. The molecule has 0 aliphatic carbocycles. The topological polar surface area (TPSA) is 54.0 Å². The number of hydrogen-bond donors (Lipinski definition) is 2. The minimum absolute atomic E-state index is 0. The van der Waals surface area contributed by atoms with Gasteiger partial charge >= 0.3 is 0 Å². The lowest BCUT2D eigenvalue weighted by Gasteiger charge is -2.14. The number of hydrogen-bond acceptors (Lipinski definition) is 3. The van der Waals surface area contributed by atoms with Gasteiger partial charge in [-0.15, -0.1) is 12.4 Å². The van der Waals surface area contributed by atoms with Gasteiger partial charge in [0.05, 0.1) is 5.69 Å². The summed E-state index contributed by atoms with van der Waals surface area (Å²) in [5, 5.41) is 6.28. The minimum atomic E-state index is 0. The monoisotopic (exact) mass is 319 g/mol. The van der Waals surface area contributed by atoms with Gasteiger partial charge < -0.3 is 10.6 Å². The van der Waals surface area contributed by atoms with Gasteiger partial charge in [0.2, 0.25) is 5.91 Å². The maximum atomic E-state index is 11.3. The molecule has 1 amide bonds. The number of halogens is 1. The largest absolute Gasteiger partial charge is 0.326 e. The fourth-order valence-electron chi connectivity index (χ4n) is 1.98. The summed E-state index contributed by atoms with van der Waals surface area (Å²) in [6.45, 7) is 4.69. The Kier molecular flexibility index (Phi) is 7.57. The highest BCUT2D eigenvalue weighted by Gasteiger charge is 2.06. The number of carbonyl (C=O) groups is 1. The van der Waals surface area contributed by atoms with Gasteiger partial charge in [-0.05, 0) is 36.8 Å². The zero-order valence-electron chi connectivity index (χ0n) is 12.9. The summed E-state index contributed by atoms with van der Waals surface area (Å²) < 4.78 is 0. The van der Waals surface area contributed by atoms with Gasteiger partial charge in [0.1, 0.15) is 0 Å². The number of amides is 1. The highest BCUT2D eigenvalue weighted by Crippen LogP contribution is 2.16. The molecule has 0 radical (unpaired) electrons. The number of nitrogens with one attached hydrogen (secondary N) is 2. The van der Waals surface area contributed by atoms with E-state index < -0.39 is 0 Å². The lowest BCUT2D eigenvalue weighted by atomic mass is 10.1. The van der Waals surface area contributed by atoms with Crippen molar-refractivity contribution in [2.45, 2.75) is 32.9 Å². The van der Waals surface area contributed by atoms with Gasteiger partial charge in [-0.1, -0.05) is 25.1 Å². The number of pyridine rings is 1. The third-order valence-corrected chi connectivity index (χ3v) is 3.33. The minimum Gasteiger partial charge on any atom is -0.326 e. The second kappa shape index (κ2) is 9.18. The van der Waals surface area contributed by atoms with Gasteiger partial charge in [-0.2, -0.15) is 0 Å². The molecule has 2 aromatic rings. The van der Waals surface area contributed by atoms with E-state index in [0.29, 0.717) is 6.42 Å². The number of benzene rings is 1. The smallest absolute Gasteiger partial charge is 0.224 e. The average Bonchev–Trinajstić information content (AvgIpc) is 2.54. The molecule has 0 saturated heterocycles. The molecule has 22 heavy (non-hydrogen) atoms. The number of anilines is 1. The quantitative estimate of drug-likeness (QED) is 0.853. The van der Waals surface area contributed by atoms with Gasteiger partial charge in [0.15, 0.2) is 0 Å². The molecule has 1 aromatic carbocycles. The molecule has 0 fully saturated rings. The van der Waals surface area contributed by atoms with Crippen LogP contribution in [-0.4, -0.2) is 10.9 Å². The van der Waals surface area contributed by atoms with E-state index in [9.17, 15) is 4.79 Å². The summed E-state index contributed by atoms with van der Waals surface area (Å²) in [5.41, 5.74) is 3.04. The Morgan fingerprint density at radius 3 is 2.50 bits per heavy atom. The molecule has 0 bridgehead atoms. The maximum Gasteiger partial charge on any atom is 0.224 e. The number of nitrogens with zero attached hydrogens (tertiary/aromatic N) is 1. The molecular formula is C17H22ClN3O. The Bertz CT molecular complexity index is 572. The van der Waals surface area contributed by atoms with E-state index in [0.717, 1.165) is 17.9 Å². The molecule has 1 unspecified atom stereocenters. The predicted molar refractivity (Wildman–Crippen MR) is 92.1 cm³/mol. The van der Waals surface area contributed by atoms with Crippen molar-refractivity contribution in [1.82, 2.24) is 10.3 Å². The molecule has 2 N–H and O–H groups in total. The second-order valence-electron chi connectivity index (χ2n) is 4.95. The van der Waals surface area contributed by atoms with Crippen LogP contribution in [0.2, 0.25) is 0 Å². The van der Waals surface area contributed by atoms with Crippen LogP contribution in [0.4, 0.5) is 5.69 Å². The molecule has 1 aromatic heterocycles. The molecule has 1 atom stereocenters. The van der Waals surface area contributed by atoms with Gasteiger partial charge in [-0.25, -0.2) is 0 Å². The average molecular weight is 320 g/mol. The van der Waals surface area contributed by atoms with Crippen molar-refractivity contribution in [1.29, 1.82) is 0 Å². The summed E-state index contributed by atoms with van der Waals surface area (Å²) in [4.78, 5) is 15.6. The van der Waals surface area contributed by atoms with Gasteiger partial charge in [0.25, 0.3) is 0 Å². The molecule has 0 spiro atoms. The zero-order valence-corrected chi connectivity index (χ0v) is 13.7. The summed E-state index contributed by atoms with van der Waals surface area (Å²) in [5.74, 6) is 0.0316. The first-order valence-electron chi connectivity index (χ1n) is 7.22. The van der Waals surface area contributed by atoms with Crippen molar-refractivity contribution in [3.05, 3.63) is 59.9 Å². The lowest BCUT2D eigenvalue weighted by Crippen LogP contribution is -2.18. The SMILES string of the molecule is CCC(=O)Nc1ccc(C(C)NCc2ccccn2)cc1.Cl. The first-order valence-corrected chi connectivity index (χ1v) is 7.22. The highest BCUT2D eigenvalue weighted by atomic mass is 35.5. The van der Waals surface area contributed by atoms with Crippen LogP contribution >= 0.6 is 12.4 Å². The maximum absolute atomic E-state index is 11.3. The van der Waals surface area contributed by atoms with Crippen molar-refractivity contribution >= 4 is 24.0 Å². The lowest BCUT2D eigenvalue weighted by molar-refractivity contribution is -0.115. The Hall–Kier alpha value is -1.91. The van der Waals surface area contributed by atoms with Crippen molar-refractivity contribution in [3.63, 3.8) is 0 Å². The van der Waals surface area contributed by atoms with Crippen LogP contribution in [0.15, 0.2) is 48.7 Å². The molecule has 0 aliphatic rings. The predicted octanol–water partition coefficient (Wildman–Crippen LogP) is 3.70. The summed E-state index contributed by atoms with van der Waals surface area (Å²) in [6, 6.07) is 14.0. The number of carbonyl (C=O) groups excluding carboxylic acids is 1. The van der Waals surface area contributed by atoms with Crippen molar-refractivity contribution < 1.29 is 4.79 Å². The molecule has 4 nitrogen and oxygen atoms in total. The van der Waals surface area contributed by atoms with Crippen LogP contribution in [0.3, 0.4) is 0 Å². The van der Waals surface area contributed by atoms with Crippen LogP contribution in [0.1, 0.15) is 37.6 Å². The van der Waals surface area contributed by atoms with Crippen molar-refractivity contribution in [3.8, 4) is 0 Å². The van der Waals surface area contributed by atoms with Crippen LogP contribution in [0.25, 0.3) is 0 Å². The molecule has 118 valence electrons. The molecule has 5 heteroatoms. The van der Waals surface area contributed by atoms with Gasteiger partial charge in [0, 0.05) is 30.9 Å². The first-order chi connectivity index (χ1) is 10.2. The van der Waals surface area contributed by atoms with Crippen LogP contribution in [0.5, 0.6) is 0 Å². The Labute approximate surface area is 137 Å². The second-order valence-corrected chi connectivity index (χ2v) is 4.95. The van der Waals surface area contributed by atoms with E-state index in [1.807, 2.05) is 49.4 Å². The van der Waals surface area contributed by atoms with E-state index >= 15 is 0 Å².